The second kappa shape index (κ2) is 6.07. The lowest BCUT2D eigenvalue weighted by atomic mass is 10.2. The molecule has 1 aliphatic heterocycles. The predicted molar refractivity (Wildman–Crippen MR) is 78.1 cm³/mol. The second-order valence-electron chi connectivity index (χ2n) is 4.14. The third-order valence-electron chi connectivity index (χ3n) is 2.36. The number of Topliss-reactive ketones (excluding diaryl/α,β-unsaturated/α-hetero) is 1. The number of hydrogen-bond acceptors (Lipinski definition) is 4. The molecule has 2 rings (SSSR count). The molecule has 0 amide bonds. The summed E-state index contributed by atoms with van der Waals surface area (Å²) in [5.74, 6) is -0.0966. The van der Waals surface area contributed by atoms with Crippen molar-refractivity contribution in [3.05, 3.63) is 28.8 Å². The van der Waals surface area contributed by atoms with E-state index in [4.69, 9.17) is 11.6 Å². The molecule has 0 aliphatic carbocycles. The number of benzene rings is 1. The van der Waals surface area contributed by atoms with E-state index in [-0.39, 0.29) is 23.0 Å². The number of halogens is 4. The molecule has 21 heavy (non-hydrogen) atoms. The number of anilines is 1. The lowest BCUT2D eigenvalue weighted by molar-refractivity contribution is -0.137. The molecule has 0 aromatic heterocycles. The number of carbonyl (C=O) groups excluding carboxylic acids is 1. The highest BCUT2D eigenvalue weighted by molar-refractivity contribution is 8.29. The largest absolute Gasteiger partial charge is 0.416 e. The molecule has 0 saturated heterocycles. The number of hydrogen-bond donors (Lipinski definition) is 1. The molecule has 0 fully saturated rings. The standard InChI is InChI=1S/C12H9ClF3N3OS/c1-6(20)5-17-10-19-11(21-10)18-9-4-7(12(14,15)16)2-3-8(9)13/h2-4H,5H2,1H3,(H,17,18,19). The molecule has 1 aromatic rings. The van der Waals surface area contributed by atoms with Crippen LogP contribution in [0.2, 0.25) is 5.02 Å². The molecular weight excluding hydrogens is 327 g/mol. The molecule has 0 bridgehead atoms. The minimum Gasteiger partial charge on any atom is -0.333 e. The van der Waals surface area contributed by atoms with Gasteiger partial charge in [0.2, 0.25) is 0 Å². The van der Waals surface area contributed by atoms with Crippen LogP contribution in [0.15, 0.2) is 28.2 Å². The van der Waals surface area contributed by atoms with Gasteiger partial charge in [0.05, 0.1) is 16.3 Å². The van der Waals surface area contributed by atoms with Gasteiger partial charge in [-0.25, -0.2) is 0 Å². The summed E-state index contributed by atoms with van der Waals surface area (Å²) < 4.78 is 37.8. The Balaban J connectivity index is 2.10. The summed E-state index contributed by atoms with van der Waals surface area (Å²) >= 11 is 6.97. The smallest absolute Gasteiger partial charge is 0.333 e. The predicted octanol–water partition coefficient (Wildman–Crippen LogP) is 3.82. The maximum Gasteiger partial charge on any atom is 0.416 e. The maximum atomic E-state index is 12.6. The number of thioether (sulfide) groups is 1. The molecule has 0 saturated carbocycles. The summed E-state index contributed by atoms with van der Waals surface area (Å²) in [7, 11) is 0. The van der Waals surface area contributed by atoms with Gasteiger partial charge in [0.25, 0.3) is 0 Å². The third kappa shape index (κ3) is 4.21. The summed E-state index contributed by atoms with van der Waals surface area (Å²) in [6.07, 6.45) is -4.44. The van der Waals surface area contributed by atoms with Crippen molar-refractivity contribution in [3.8, 4) is 0 Å². The fourth-order valence-electron chi connectivity index (χ4n) is 1.39. The van der Waals surface area contributed by atoms with Gasteiger partial charge >= 0.3 is 6.18 Å². The highest BCUT2D eigenvalue weighted by atomic mass is 35.5. The van der Waals surface area contributed by atoms with E-state index in [1.807, 2.05) is 0 Å². The Labute approximate surface area is 127 Å². The average Bonchev–Trinajstić information content (AvgIpc) is 2.32. The van der Waals surface area contributed by atoms with Gasteiger partial charge in [-0.2, -0.15) is 18.2 Å². The Morgan fingerprint density at radius 2 is 2.14 bits per heavy atom. The van der Waals surface area contributed by atoms with Gasteiger partial charge in [0.15, 0.2) is 16.1 Å². The fraction of sp³-hybridized carbons (Fsp3) is 0.250. The summed E-state index contributed by atoms with van der Waals surface area (Å²) in [6.45, 7) is 1.43. The number of amidine groups is 2. The highest BCUT2D eigenvalue weighted by Crippen LogP contribution is 2.34. The summed E-state index contributed by atoms with van der Waals surface area (Å²) in [4.78, 5) is 18.6. The summed E-state index contributed by atoms with van der Waals surface area (Å²) in [5, 5.41) is 3.62. The molecule has 0 unspecified atom stereocenters. The number of ketones is 1. The molecule has 0 radical (unpaired) electrons. The number of nitrogens with zero attached hydrogens (tertiary/aromatic N) is 2. The topological polar surface area (TPSA) is 53.8 Å². The van der Waals surface area contributed by atoms with Crippen molar-refractivity contribution in [1.82, 2.24) is 0 Å². The zero-order chi connectivity index (χ0) is 15.6. The molecule has 1 N–H and O–H groups in total. The van der Waals surface area contributed by atoms with Crippen LogP contribution in [0.4, 0.5) is 18.9 Å². The van der Waals surface area contributed by atoms with Crippen LogP contribution in [0.5, 0.6) is 0 Å². The van der Waals surface area contributed by atoms with E-state index in [2.05, 4.69) is 15.3 Å². The summed E-state index contributed by atoms with van der Waals surface area (Å²) in [5.41, 5.74) is -0.687. The first-order valence-electron chi connectivity index (χ1n) is 5.70. The van der Waals surface area contributed by atoms with Crippen LogP contribution in [0.1, 0.15) is 12.5 Å². The Hall–Kier alpha value is -1.54. The molecule has 1 heterocycles. The molecule has 1 aromatic carbocycles. The van der Waals surface area contributed by atoms with Crippen LogP contribution >= 0.6 is 23.4 Å². The first-order valence-corrected chi connectivity index (χ1v) is 6.89. The van der Waals surface area contributed by atoms with Crippen LogP contribution in [0.3, 0.4) is 0 Å². The zero-order valence-corrected chi connectivity index (χ0v) is 12.2. The number of aliphatic imine (C=N–C) groups is 2. The van der Waals surface area contributed by atoms with Crippen molar-refractivity contribution >= 4 is 45.2 Å². The van der Waals surface area contributed by atoms with Crippen LogP contribution in [-0.4, -0.2) is 22.7 Å². The second-order valence-corrected chi connectivity index (χ2v) is 5.50. The number of rotatable bonds is 3. The molecule has 112 valence electrons. The maximum absolute atomic E-state index is 12.6. The fourth-order valence-corrected chi connectivity index (χ4v) is 2.16. The van der Waals surface area contributed by atoms with Crippen molar-refractivity contribution < 1.29 is 18.0 Å². The van der Waals surface area contributed by atoms with Gasteiger partial charge in [0, 0.05) is 0 Å². The van der Waals surface area contributed by atoms with E-state index in [0.29, 0.717) is 10.3 Å². The number of alkyl halides is 3. The van der Waals surface area contributed by atoms with Gasteiger partial charge in [-0.05, 0) is 36.9 Å². The van der Waals surface area contributed by atoms with Crippen molar-refractivity contribution in [1.29, 1.82) is 0 Å². The van der Waals surface area contributed by atoms with E-state index in [1.165, 1.54) is 13.0 Å². The SMILES string of the molecule is CC(=O)CN=C1N=C(Nc2cc(C(F)(F)F)ccc2Cl)S1. The minimum absolute atomic E-state index is 0.0312. The van der Waals surface area contributed by atoms with Crippen molar-refractivity contribution in [2.75, 3.05) is 11.9 Å². The monoisotopic (exact) mass is 335 g/mol. The molecule has 9 heteroatoms. The van der Waals surface area contributed by atoms with E-state index in [1.54, 1.807) is 0 Å². The Morgan fingerprint density at radius 1 is 1.48 bits per heavy atom. The van der Waals surface area contributed by atoms with Crippen molar-refractivity contribution in [3.63, 3.8) is 0 Å². The van der Waals surface area contributed by atoms with Crippen molar-refractivity contribution in [2.24, 2.45) is 9.98 Å². The Kier molecular flexibility index (Phi) is 4.58. The Morgan fingerprint density at radius 3 is 2.71 bits per heavy atom. The van der Waals surface area contributed by atoms with E-state index < -0.39 is 11.7 Å². The lowest BCUT2D eigenvalue weighted by Gasteiger charge is -2.18. The van der Waals surface area contributed by atoms with Gasteiger partial charge in [-0.15, -0.1) is 0 Å². The van der Waals surface area contributed by atoms with Gasteiger partial charge in [-0.3, -0.25) is 9.79 Å². The van der Waals surface area contributed by atoms with E-state index >= 15 is 0 Å². The first kappa shape index (κ1) is 15.8. The van der Waals surface area contributed by atoms with Crippen LogP contribution < -0.4 is 5.32 Å². The quantitative estimate of drug-likeness (QED) is 0.913. The molecular formula is C12H9ClF3N3OS. The number of carbonyl (C=O) groups is 1. The van der Waals surface area contributed by atoms with E-state index in [0.717, 1.165) is 23.9 Å². The van der Waals surface area contributed by atoms with Crippen LogP contribution in [0, 0.1) is 0 Å². The molecule has 0 atom stereocenters. The molecule has 0 spiro atoms. The lowest BCUT2D eigenvalue weighted by Crippen LogP contribution is -2.20. The summed E-state index contributed by atoms with van der Waals surface area (Å²) in [6, 6.07) is 2.99. The Bertz CT molecular complexity index is 643. The van der Waals surface area contributed by atoms with Crippen LogP contribution in [0.25, 0.3) is 0 Å². The highest BCUT2D eigenvalue weighted by Gasteiger charge is 2.31. The average molecular weight is 336 g/mol. The van der Waals surface area contributed by atoms with Crippen LogP contribution in [-0.2, 0) is 11.0 Å². The number of nitrogens with one attached hydrogen (secondary N) is 1. The van der Waals surface area contributed by atoms with Gasteiger partial charge < -0.3 is 5.32 Å². The zero-order valence-electron chi connectivity index (χ0n) is 10.7. The molecule has 1 aliphatic rings. The third-order valence-corrected chi connectivity index (χ3v) is 3.48. The van der Waals surface area contributed by atoms with Crippen molar-refractivity contribution in [2.45, 2.75) is 13.1 Å². The normalized spacial score (nSPS) is 16.4. The molecule has 4 nitrogen and oxygen atoms in total. The minimum atomic E-state index is -4.44. The van der Waals surface area contributed by atoms with Gasteiger partial charge in [-0.1, -0.05) is 11.6 Å². The van der Waals surface area contributed by atoms with Gasteiger partial charge in [0.1, 0.15) is 6.54 Å². The first-order chi connectivity index (χ1) is 9.75. The van der Waals surface area contributed by atoms with E-state index in [9.17, 15) is 18.0 Å².